The van der Waals surface area contributed by atoms with E-state index < -0.39 is 0 Å². The lowest BCUT2D eigenvalue weighted by Crippen LogP contribution is -1.99. The summed E-state index contributed by atoms with van der Waals surface area (Å²) in [4.78, 5) is 4.20. The molecule has 0 saturated heterocycles. The molecule has 1 N–H and O–H groups in total. The van der Waals surface area contributed by atoms with Gasteiger partial charge in [0.25, 0.3) is 5.89 Å². The number of rotatable bonds is 4. The Balaban J connectivity index is 1.73. The SMILES string of the molecule is C=C(Nc1cc(C)ccn1)c1nnc(C2CC2)o1. The molecule has 2 aromatic heterocycles. The van der Waals surface area contributed by atoms with Gasteiger partial charge in [-0.1, -0.05) is 6.58 Å². The third kappa shape index (κ3) is 2.25. The second kappa shape index (κ2) is 4.25. The fourth-order valence-corrected chi connectivity index (χ4v) is 1.66. The van der Waals surface area contributed by atoms with Gasteiger partial charge in [0, 0.05) is 12.1 Å². The summed E-state index contributed by atoms with van der Waals surface area (Å²) in [5.41, 5.74) is 1.71. The first-order chi connectivity index (χ1) is 8.72. The van der Waals surface area contributed by atoms with Gasteiger partial charge in [-0.25, -0.2) is 4.98 Å². The summed E-state index contributed by atoms with van der Waals surface area (Å²) in [5, 5.41) is 11.1. The fraction of sp³-hybridized carbons (Fsp3) is 0.308. The third-order valence-electron chi connectivity index (χ3n) is 2.82. The molecule has 5 heteroatoms. The topological polar surface area (TPSA) is 63.8 Å². The average Bonchev–Trinajstić information content (AvgIpc) is 3.07. The molecule has 2 heterocycles. The highest BCUT2D eigenvalue weighted by Crippen LogP contribution is 2.39. The summed E-state index contributed by atoms with van der Waals surface area (Å²) in [5.74, 6) is 2.33. The van der Waals surface area contributed by atoms with E-state index in [1.165, 1.54) is 0 Å². The number of pyridine rings is 1. The van der Waals surface area contributed by atoms with Crippen molar-refractivity contribution in [3.05, 3.63) is 42.3 Å². The largest absolute Gasteiger partial charge is 0.419 e. The Morgan fingerprint density at radius 2 is 2.28 bits per heavy atom. The third-order valence-corrected chi connectivity index (χ3v) is 2.82. The lowest BCUT2D eigenvalue weighted by Gasteiger charge is -2.05. The monoisotopic (exact) mass is 242 g/mol. The van der Waals surface area contributed by atoms with Crippen LogP contribution >= 0.6 is 0 Å². The standard InChI is InChI=1S/C13H14N4O/c1-8-5-6-14-11(7-8)15-9(2)12-16-17-13(18-12)10-3-4-10/h5-7,10H,2-4H2,1H3,(H,14,15). The Kier molecular flexibility index (Phi) is 2.59. The number of hydrogen-bond donors (Lipinski definition) is 1. The van der Waals surface area contributed by atoms with Crippen molar-refractivity contribution < 1.29 is 4.42 Å². The normalized spacial score (nSPS) is 14.5. The number of aryl methyl sites for hydroxylation is 1. The van der Waals surface area contributed by atoms with Crippen LogP contribution < -0.4 is 5.32 Å². The maximum atomic E-state index is 5.56. The Morgan fingerprint density at radius 3 is 3.00 bits per heavy atom. The predicted molar refractivity (Wildman–Crippen MR) is 67.9 cm³/mol. The van der Waals surface area contributed by atoms with Gasteiger partial charge in [-0.15, -0.1) is 10.2 Å². The first-order valence-corrected chi connectivity index (χ1v) is 5.95. The highest BCUT2D eigenvalue weighted by Gasteiger charge is 2.29. The fourth-order valence-electron chi connectivity index (χ4n) is 1.66. The minimum atomic E-state index is 0.431. The van der Waals surface area contributed by atoms with E-state index in [1.807, 2.05) is 19.1 Å². The van der Waals surface area contributed by atoms with E-state index in [-0.39, 0.29) is 0 Å². The number of anilines is 1. The van der Waals surface area contributed by atoms with Gasteiger partial charge in [-0.05, 0) is 37.5 Å². The van der Waals surface area contributed by atoms with E-state index in [1.54, 1.807) is 6.20 Å². The van der Waals surface area contributed by atoms with Crippen molar-refractivity contribution >= 4 is 11.5 Å². The molecule has 0 atom stereocenters. The van der Waals surface area contributed by atoms with Gasteiger partial charge >= 0.3 is 0 Å². The summed E-state index contributed by atoms with van der Waals surface area (Å²) in [6.07, 6.45) is 4.02. The highest BCUT2D eigenvalue weighted by molar-refractivity contribution is 5.68. The van der Waals surface area contributed by atoms with Crippen LogP contribution in [0.1, 0.15) is 36.1 Å². The molecule has 0 spiro atoms. The molecule has 0 unspecified atom stereocenters. The van der Waals surface area contributed by atoms with Gasteiger partial charge in [0.05, 0.1) is 5.70 Å². The Bertz CT molecular complexity index is 586. The number of nitrogens with one attached hydrogen (secondary N) is 1. The van der Waals surface area contributed by atoms with Crippen molar-refractivity contribution in [2.24, 2.45) is 0 Å². The Hall–Kier alpha value is -2.17. The summed E-state index contributed by atoms with van der Waals surface area (Å²) < 4.78 is 5.56. The van der Waals surface area contributed by atoms with Crippen molar-refractivity contribution in [2.45, 2.75) is 25.7 Å². The van der Waals surface area contributed by atoms with Crippen LogP contribution in [0.5, 0.6) is 0 Å². The van der Waals surface area contributed by atoms with Gasteiger partial charge in [-0.2, -0.15) is 0 Å². The molecule has 0 bridgehead atoms. The van der Waals surface area contributed by atoms with Gasteiger partial charge in [0.2, 0.25) is 5.89 Å². The van der Waals surface area contributed by atoms with Crippen molar-refractivity contribution in [3.63, 3.8) is 0 Å². The van der Waals surface area contributed by atoms with Crippen LogP contribution in [-0.2, 0) is 0 Å². The van der Waals surface area contributed by atoms with Gasteiger partial charge in [0.1, 0.15) is 5.82 Å². The molecule has 92 valence electrons. The van der Waals surface area contributed by atoms with Gasteiger partial charge < -0.3 is 9.73 Å². The molecule has 18 heavy (non-hydrogen) atoms. The van der Waals surface area contributed by atoms with Crippen LogP contribution in [0.25, 0.3) is 5.70 Å². The molecule has 3 rings (SSSR count). The Labute approximate surface area is 105 Å². The molecular formula is C13H14N4O. The molecule has 0 amide bonds. The summed E-state index contributed by atoms with van der Waals surface area (Å²) in [7, 11) is 0. The van der Waals surface area contributed by atoms with Crippen molar-refractivity contribution in [3.8, 4) is 0 Å². The summed E-state index contributed by atoms with van der Waals surface area (Å²) >= 11 is 0. The lowest BCUT2D eigenvalue weighted by molar-refractivity contribution is 0.485. The van der Waals surface area contributed by atoms with Crippen molar-refractivity contribution in [2.75, 3.05) is 5.32 Å². The predicted octanol–water partition coefficient (Wildman–Crippen LogP) is 2.73. The van der Waals surface area contributed by atoms with Crippen molar-refractivity contribution in [1.82, 2.24) is 15.2 Å². The molecule has 2 aromatic rings. The molecule has 0 aromatic carbocycles. The van der Waals surface area contributed by atoms with E-state index in [9.17, 15) is 0 Å². The second-order valence-corrected chi connectivity index (χ2v) is 4.54. The minimum Gasteiger partial charge on any atom is -0.419 e. The summed E-state index contributed by atoms with van der Waals surface area (Å²) in [6.45, 7) is 5.90. The van der Waals surface area contributed by atoms with E-state index in [0.29, 0.717) is 23.4 Å². The van der Waals surface area contributed by atoms with Crippen LogP contribution in [0.2, 0.25) is 0 Å². The first kappa shape index (κ1) is 11.0. The number of hydrogen-bond acceptors (Lipinski definition) is 5. The molecule has 1 aliphatic carbocycles. The number of aromatic nitrogens is 3. The quantitative estimate of drug-likeness (QED) is 0.893. The smallest absolute Gasteiger partial charge is 0.263 e. The minimum absolute atomic E-state index is 0.431. The highest BCUT2D eigenvalue weighted by atomic mass is 16.4. The van der Waals surface area contributed by atoms with Crippen LogP contribution in [0.4, 0.5) is 5.82 Å². The van der Waals surface area contributed by atoms with Crippen LogP contribution in [0.15, 0.2) is 29.3 Å². The van der Waals surface area contributed by atoms with Gasteiger partial charge in [0.15, 0.2) is 0 Å². The molecule has 1 aliphatic rings. The first-order valence-electron chi connectivity index (χ1n) is 5.95. The average molecular weight is 242 g/mol. The second-order valence-electron chi connectivity index (χ2n) is 4.54. The zero-order valence-corrected chi connectivity index (χ0v) is 10.2. The van der Waals surface area contributed by atoms with E-state index in [4.69, 9.17) is 4.42 Å². The van der Waals surface area contributed by atoms with Crippen molar-refractivity contribution in [1.29, 1.82) is 0 Å². The molecule has 1 saturated carbocycles. The van der Waals surface area contributed by atoms with Gasteiger partial charge in [-0.3, -0.25) is 0 Å². The van der Waals surface area contributed by atoms with Crippen LogP contribution in [0, 0.1) is 6.92 Å². The molecular weight excluding hydrogens is 228 g/mol. The van der Waals surface area contributed by atoms with E-state index in [0.717, 1.165) is 24.2 Å². The van der Waals surface area contributed by atoms with E-state index >= 15 is 0 Å². The zero-order chi connectivity index (χ0) is 12.5. The summed E-state index contributed by atoms with van der Waals surface area (Å²) in [6, 6.07) is 3.87. The number of nitrogens with zero attached hydrogens (tertiary/aromatic N) is 3. The Morgan fingerprint density at radius 1 is 1.44 bits per heavy atom. The van der Waals surface area contributed by atoms with E-state index in [2.05, 4.69) is 27.1 Å². The molecule has 0 radical (unpaired) electrons. The molecule has 1 fully saturated rings. The van der Waals surface area contributed by atoms with Crippen LogP contribution in [0.3, 0.4) is 0 Å². The zero-order valence-electron chi connectivity index (χ0n) is 10.2. The lowest BCUT2D eigenvalue weighted by atomic mass is 10.3. The molecule has 5 nitrogen and oxygen atoms in total. The molecule has 0 aliphatic heterocycles. The maximum Gasteiger partial charge on any atom is 0.263 e. The maximum absolute atomic E-state index is 5.56. The van der Waals surface area contributed by atoms with Crippen LogP contribution in [-0.4, -0.2) is 15.2 Å².